The van der Waals surface area contributed by atoms with Gasteiger partial charge in [-0.3, -0.25) is 4.79 Å². The predicted octanol–water partition coefficient (Wildman–Crippen LogP) is 3.21. The number of alkyl halides is 1. The molecule has 4 heteroatoms. The second-order valence-corrected chi connectivity index (χ2v) is 5.87. The molecule has 1 aliphatic rings. The number of amides is 1. The van der Waals surface area contributed by atoms with E-state index in [0.29, 0.717) is 13.2 Å². The van der Waals surface area contributed by atoms with Gasteiger partial charge in [-0.1, -0.05) is 24.3 Å². The Balaban J connectivity index is 1.72. The molecular weight excluding hydrogens is 274 g/mol. The smallest absolute Gasteiger partial charge is 0.237 e. The highest BCUT2D eigenvalue weighted by atomic mass is 35.5. The highest BCUT2D eigenvalue weighted by molar-refractivity contribution is 6.30. The fourth-order valence-corrected chi connectivity index (χ4v) is 2.61. The monoisotopic (exact) mass is 295 g/mol. The van der Waals surface area contributed by atoms with E-state index >= 15 is 0 Å². The molecule has 1 aromatic carbocycles. The number of benzene rings is 1. The number of nitrogens with one attached hydrogen (secondary N) is 1. The van der Waals surface area contributed by atoms with Crippen LogP contribution in [0.3, 0.4) is 0 Å². The predicted molar refractivity (Wildman–Crippen MR) is 81.0 cm³/mol. The first-order chi connectivity index (χ1) is 9.68. The van der Waals surface area contributed by atoms with Crippen LogP contribution in [0.5, 0.6) is 0 Å². The maximum absolute atomic E-state index is 11.3. The van der Waals surface area contributed by atoms with Crippen LogP contribution >= 0.6 is 11.6 Å². The molecular formula is C16H22ClNO2. The molecule has 2 atom stereocenters. The van der Waals surface area contributed by atoms with E-state index in [-0.39, 0.29) is 12.0 Å². The van der Waals surface area contributed by atoms with Crippen LogP contribution in [-0.4, -0.2) is 24.4 Å². The average Bonchev–Trinajstić information content (AvgIpc) is 2.46. The number of aryl methyl sites for hydroxylation is 1. The zero-order valence-corrected chi connectivity index (χ0v) is 12.7. The standard InChI is InChI=1S/C16H22ClNO2/c1-12(17)16(19)18-10-5-11-20-15-9-4-7-13-6-2-3-8-14(13)15/h2-3,6,8,12,15H,4-5,7,9-11H2,1H3,(H,18,19). The number of carbonyl (C=O) groups is 1. The number of hydrogen-bond donors (Lipinski definition) is 1. The zero-order valence-electron chi connectivity index (χ0n) is 11.9. The van der Waals surface area contributed by atoms with Crippen LogP contribution in [0, 0.1) is 0 Å². The summed E-state index contributed by atoms with van der Waals surface area (Å²) in [6.07, 6.45) is 4.44. The van der Waals surface area contributed by atoms with Crippen molar-refractivity contribution in [3.8, 4) is 0 Å². The summed E-state index contributed by atoms with van der Waals surface area (Å²) in [6, 6.07) is 8.51. The summed E-state index contributed by atoms with van der Waals surface area (Å²) in [5.74, 6) is -0.116. The van der Waals surface area contributed by atoms with E-state index in [1.54, 1.807) is 6.92 Å². The van der Waals surface area contributed by atoms with E-state index in [1.807, 2.05) is 0 Å². The molecule has 0 heterocycles. The Morgan fingerprint density at radius 1 is 1.50 bits per heavy atom. The van der Waals surface area contributed by atoms with Crippen molar-refractivity contribution in [3.05, 3.63) is 35.4 Å². The summed E-state index contributed by atoms with van der Waals surface area (Å²) < 4.78 is 5.97. The third-order valence-electron chi connectivity index (χ3n) is 3.62. The molecule has 1 amide bonds. The van der Waals surface area contributed by atoms with E-state index in [2.05, 4.69) is 29.6 Å². The minimum atomic E-state index is -0.471. The molecule has 0 bridgehead atoms. The van der Waals surface area contributed by atoms with Crippen LogP contribution in [0.4, 0.5) is 0 Å². The Kier molecular flexibility index (Phi) is 5.86. The Labute approximate surface area is 125 Å². The summed E-state index contributed by atoms with van der Waals surface area (Å²) in [5.41, 5.74) is 2.74. The number of fused-ring (bicyclic) bond motifs is 1. The normalized spacial score (nSPS) is 19.2. The number of hydrogen-bond acceptors (Lipinski definition) is 2. The van der Waals surface area contributed by atoms with Crippen molar-refractivity contribution in [2.45, 2.75) is 44.1 Å². The molecule has 20 heavy (non-hydrogen) atoms. The van der Waals surface area contributed by atoms with Crippen LogP contribution in [0.15, 0.2) is 24.3 Å². The van der Waals surface area contributed by atoms with Crippen molar-refractivity contribution < 1.29 is 9.53 Å². The maximum atomic E-state index is 11.3. The lowest BCUT2D eigenvalue weighted by Gasteiger charge is -2.25. The molecule has 2 unspecified atom stereocenters. The van der Waals surface area contributed by atoms with Gasteiger partial charge in [0.1, 0.15) is 5.38 Å². The Morgan fingerprint density at radius 3 is 3.10 bits per heavy atom. The minimum absolute atomic E-state index is 0.116. The molecule has 0 radical (unpaired) electrons. The second kappa shape index (κ2) is 7.65. The number of rotatable bonds is 6. The Bertz CT molecular complexity index is 448. The lowest BCUT2D eigenvalue weighted by atomic mass is 9.89. The summed E-state index contributed by atoms with van der Waals surface area (Å²) in [4.78, 5) is 11.3. The molecule has 110 valence electrons. The van der Waals surface area contributed by atoms with Gasteiger partial charge in [0.2, 0.25) is 5.91 Å². The van der Waals surface area contributed by atoms with Gasteiger partial charge in [0.15, 0.2) is 0 Å². The molecule has 1 N–H and O–H groups in total. The largest absolute Gasteiger partial charge is 0.373 e. The van der Waals surface area contributed by atoms with Gasteiger partial charge < -0.3 is 10.1 Å². The summed E-state index contributed by atoms with van der Waals surface area (Å²) in [5, 5.41) is 2.32. The second-order valence-electron chi connectivity index (χ2n) is 5.21. The van der Waals surface area contributed by atoms with E-state index < -0.39 is 5.38 Å². The molecule has 0 aromatic heterocycles. The van der Waals surface area contributed by atoms with E-state index in [9.17, 15) is 4.79 Å². The van der Waals surface area contributed by atoms with Crippen molar-refractivity contribution in [2.75, 3.05) is 13.2 Å². The van der Waals surface area contributed by atoms with Crippen molar-refractivity contribution in [1.29, 1.82) is 0 Å². The van der Waals surface area contributed by atoms with E-state index in [0.717, 1.165) is 19.3 Å². The maximum Gasteiger partial charge on any atom is 0.237 e. The highest BCUT2D eigenvalue weighted by Crippen LogP contribution is 2.32. The SMILES string of the molecule is CC(Cl)C(=O)NCCCOC1CCCc2ccccc21. The summed E-state index contributed by atoms with van der Waals surface area (Å²) in [6.45, 7) is 2.95. The molecule has 0 spiro atoms. The first-order valence-electron chi connectivity index (χ1n) is 7.29. The van der Waals surface area contributed by atoms with Crippen molar-refractivity contribution in [3.63, 3.8) is 0 Å². The minimum Gasteiger partial charge on any atom is -0.373 e. The van der Waals surface area contributed by atoms with Gasteiger partial charge in [-0.15, -0.1) is 11.6 Å². The fraction of sp³-hybridized carbons (Fsp3) is 0.562. The molecule has 0 saturated heterocycles. The van der Waals surface area contributed by atoms with E-state index in [1.165, 1.54) is 17.5 Å². The highest BCUT2D eigenvalue weighted by Gasteiger charge is 2.19. The van der Waals surface area contributed by atoms with Gasteiger partial charge in [-0.05, 0) is 43.7 Å². The lowest BCUT2D eigenvalue weighted by Crippen LogP contribution is -2.31. The Morgan fingerprint density at radius 2 is 2.30 bits per heavy atom. The Hall–Kier alpha value is -1.06. The number of carbonyl (C=O) groups excluding carboxylic acids is 1. The van der Waals surface area contributed by atoms with Crippen molar-refractivity contribution >= 4 is 17.5 Å². The molecule has 0 fully saturated rings. The summed E-state index contributed by atoms with van der Waals surface area (Å²) >= 11 is 5.68. The molecule has 1 aliphatic carbocycles. The van der Waals surface area contributed by atoms with Gasteiger partial charge in [0.25, 0.3) is 0 Å². The number of ether oxygens (including phenoxy) is 1. The van der Waals surface area contributed by atoms with Gasteiger partial charge >= 0.3 is 0 Å². The third kappa shape index (κ3) is 4.22. The fourth-order valence-electron chi connectivity index (χ4n) is 2.53. The van der Waals surface area contributed by atoms with Gasteiger partial charge in [-0.25, -0.2) is 0 Å². The van der Waals surface area contributed by atoms with E-state index in [4.69, 9.17) is 16.3 Å². The van der Waals surface area contributed by atoms with Crippen molar-refractivity contribution in [2.24, 2.45) is 0 Å². The van der Waals surface area contributed by atoms with Gasteiger partial charge in [0.05, 0.1) is 6.10 Å². The topological polar surface area (TPSA) is 38.3 Å². The first-order valence-corrected chi connectivity index (χ1v) is 7.73. The average molecular weight is 296 g/mol. The molecule has 0 saturated carbocycles. The van der Waals surface area contributed by atoms with Crippen LogP contribution in [-0.2, 0) is 16.0 Å². The molecule has 0 aliphatic heterocycles. The zero-order chi connectivity index (χ0) is 14.4. The van der Waals surface area contributed by atoms with Crippen LogP contribution < -0.4 is 5.32 Å². The quantitative estimate of drug-likeness (QED) is 0.646. The van der Waals surface area contributed by atoms with Gasteiger partial charge in [0, 0.05) is 13.2 Å². The number of halogens is 1. The van der Waals surface area contributed by atoms with Gasteiger partial charge in [-0.2, -0.15) is 0 Å². The lowest BCUT2D eigenvalue weighted by molar-refractivity contribution is -0.120. The first kappa shape index (κ1) is 15.3. The molecule has 1 aromatic rings. The van der Waals surface area contributed by atoms with Crippen LogP contribution in [0.25, 0.3) is 0 Å². The third-order valence-corrected chi connectivity index (χ3v) is 3.81. The molecule has 3 nitrogen and oxygen atoms in total. The van der Waals surface area contributed by atoms with Crippen LogP contribution in [0.2, 0.25) is 0 Å². The van der Waals surface area contributed by atoms with Crippen LogP contribution in [0.1, 0.15) is 43.4 Å². The molecule has 2 rings (SSSR count). The van der Waals surface area contributed by atoms with Crippen molar-refractivity contribution in [1.82, 2.24) is 5.32 Å². The summed E-state index contributed by atoms with van der Waals surface area (Å²) in [7, 11) is 0.